The number of rotatable bonds is 3. The Morgan fingerprint density at radius 2 is 1.42 bits per heavy atom. The fourth-order valence-corrected chi connectivity index (χ4v) is 2.82. The number of nitrogens with two attached hydrogens (primary N) is 1. The van der Waals surface area contributed by atoms with Gasteiger partial charge in [-0.15, -0.1) is 0 Å². The van der Waals surface area contributed by atoms with Crippen molar-refractivity contribution in [2.45, 2.75) is 26.8 Å². The van der Waals surface area contributed by atoms with Gasteiger partial charge in [-0.1, -0.05) is 23.3 Å². The molecule has 0 aliphatic heterocycles. The van der Waals surface area contributed by atoms with Crippen LogP contribution in [0.5, 0.6) is 0 Å². The predicted octanol–water partition coefficient (Wildman–Crippen LogP) is 3.76. The number of aryl methyl sites for hydroxylation is 3. The predicted molar refractivity (Wildman–Crippen MR) is 82.6 cm³/mol. The Bertz CT molecular complexity index is 678. The maximum atomic E-state index is 5.67. The number of hydrogen-bond acceptors (Lipinski definition) is 1. The van der Waals surface area contributed by atoms with E-state index in [1.807, 2.05) is 0 Å². The van der Waals surface area contributed by atoms with E-state index in [-0.39, 0.29) is 0 Å². The molecule has 2 heteroatoms. The first-order valence-electron chi connectivity index (χ1n) is 6.90. The summed E-state index contributed by atoms with van der Waals surface area (Å²) in [6, 6.07) is 13.4. The lowest BCUT2D eigenvalue weighted by atomic mass is 10.1. The fraction of sp³-hybridized carbons (Fsp3) is 0.294. The van der Waals surface area contributed by atoms with E-state index >= 15 is 0 Å². The molecular weight excluding hydrogens is 232 g/mol. The van der Waals surface area contributed by atoms with Gasteiger partial charge in [0.1, 0.15) is 0 Å². The summed E-state index contributed by atoms with van der Waals surface area (Å²) < 4.78 is 2.40. The van der Waals surface area contributed by atoms with Gasteiger partial charge >= 0.3 is 0 Å². The highest BCUT2D eigenvalue weighted by molar-refractivity contribution is 6.08. The van der Waals surface area contributed by atoms with Gasteiger partial charge in [-0.3, -0.25) is 0 Å². The van der Waals surface area contributed by atoms with Gasteiger partial charge in [0.05, 0.1) is 0 Å². The number of hydrogen-bond donors (Lipinski definition) is 1. The summed E-state index contributed by atoms with van der Waals surface area (Å²) in [4.78, 5) is 0. The number of aromatic nitrogens is 1. The molecule has 1 aromatic heterocycles. The summed E-state index contributed by atoms with van der Waals surface area (Å²) in [5.41, 5.74) is 10.9. The molecular formula is C17H20N2. The van der Waals surface area contributed by atoms with Gasteiger partial charge in [-0.05, 0) is 51.1 Å². The first-order chi connectivity index (χ1) is 9.20. The van der Waals surface area contributed by atoms with E-state index in [4.69, 9.17) is 5.73 Å². The Morgan fingerprint density at radius 1 is 0.895 bits per heavy atom. The van der Waals surface area contributed by atoms with Crippen LogP contribution >= 0.6 is 0 Å². The van der Waals surface area contributed by atoms with Gasteiger partial charge in [0.2, 0.25) is 0 Å². The summed E-state index contributed by atoms with van der Waals surface area (Å²) in [5.74, 6) is 0. The zero-order valence-electron chi connectivity index (χ0n) is 11.6. The van der Waals surface area contributed by atoms with Crippen LogP contribution in [0.1, 0.15) is 17.5 Å². The maximum absolute atomic E-state index is 5.67. The van der Waals surface area contributed by atoms with Crippen LogP contribution in [-0.4, -0.2) is 11.1 Å². The number of fused-ring (bicyclic) bond motifs is 3. The minimum atomic E-state index is 0.735. The Morgan fingerprint density at radius 3 is 1.89 bits per heavy atom. The summed E-state index contributed by atoms with van der Waals surface area (Å²) >= 11 is 0. The van der Waals surface area contributed by atoms with E-state index in [0.29, 0.717) is 0 Å². The SMILES string of the molecule is Cc1ccc2c(c1)c1cc(C)ccc1n2CCCN. The van der Waals surface area contributed by atoms with Crippen LogP contribution in [0.4, 0.5) is 0 Å². The normalized spacial score (nSPS) is 11.5. The van der Waals surface area contributed by atoms with Crippen molar-refractivity contribution >= 4 is 21.8 Å². The van der Waals surface area contributed by atoms with Crippen LogP contribution < -0.4 is 5.73 Å². The van der Waals surface area contributed by atoms with Crippen molar-refractivity contribution in [1.29, 1.82) is 0 Å². The molecule has 3 aromatic rings. The minimum absolute atomic E-state index is 0.735. The molecule has 0 unspecified atom stereocenters. The molecule has 0 saturated carbocycles. The smallest absolute Gasteiger partial charge is 0.0491 e. The maximum Gasteiger partial charge on any atom is 0.0491 e. The van der Waals surface area contributed by atoms with Crippen LogP contribution in [0.25, 0.3) is 21.8 Å². The average Bonchev–Trinajstić information content (AvgIpc) is 2.69. The second kappa shape index (κ2) is 4.71. The second-order valence-electron chi connectivity index (χ2n) is 5.34. The van der Waals surface area contributed by atoms with Crippen LogP contribution in [0.15, 0.2) is 36.4 Å². The van der Waals surface area contributed by atoms with E-state index in [1.54, 1.807) is 0 Å². The van der Waals surface area contributed by atoms with Gasteiger partial charge in [0.15, 0.2) is 0 Å². The molecule has 98 valence electrons. The third-order valence-electron chi connectivity index (χ3n) is 3.76. The third kappa shape index (κ3) is 2.02. The number of benzene rings is 2. The molecule has 0 bridgehead atoms. The summed E-state index contributed by atoms with van der Waals surface area (Å²) in [6.45, 7) is 6.03. The molecule has 2 N–H and O–H groups in total. The van der Waals surface area contributed by atoms with Gasteiger partial charge in [0.25, 0.3) is 0 Å². The topological polar surface area (TPSA) is 30.9 Å². The quantitative estimate of drug-likeness (QED) is 0.756. The molecule has 2 nitrogen and oxygen atoms in total. The highest BCUT2D eigenvalue weighted by Gasteiger charge is 2.10. The molecule has 2 aromatic carbocycles. The van der Waals surface area contributed by atoms with Crippen molar-refractivity contribution in [2.24, 2.45) is 5.73 Å². The van der Waals surface area contributed by atoms with Crippen molar-refractivity contribution in [3.63, 3.8) is 0 Å². The summed E-state index contributed by atoms with van der Waals surface area (Å²) in [7, 11) is 0. The van der Waals surface area contributed by atoms with Gasteiger partial charge in [-0.25, -0.2) is 0 Å². The van der Waals surface area contributed by atoms with Gasteiger partial charge in [-0.2, -0.15) is 0 Å². The van der Waals surface area contributed by atoms with E-state index in [0.717, 1.165) is 19.5 Å². The Hall–Kier alpha value is -1.80. The number of nitrogens with zero attached hydrogens (tertiary/aromatic N) is 1. The van der Waals surface area contributed by atoms with E-state index in [1.165, 1.54) is 32.9 Å². The van der Waals surface area contributed by atoms with Crippen molar-refractivity contribution in [1.82, 2.24) is 4.57 Å². The average molecular weight is 252 g/mol. The fourth-order valence-electron chi connectivity index (χ4n) is 2.82. The molecule has 0 spiro atoms. The zero-order chi connectivity index (χ0) is 13.4. The third-order valence-corrected chi connectivity index (χ3v) is 3.76. The van der Waals surface area contributed by atoms with Gasteiger partial charge in [0, 0.05) is 28.4 Å². The lowest BCUT2D eigenvalue weighted by Gasteiger charge is -2.06. The Labute approximate surface area is 113 Å². The van der Waals surface area contributed by atoms with Crippen LogP contribution in [0, 0.1) is 13.8 Å². The standard InChI is InChI=1S/C17H20N2/c1-12-4-6-16-14(10-12)15-11-13(2)5-7-17(15)19(16)9-3-8-18/h4-7,10-11H,3,8-9,18H2,1-2H3. The molecule has 19 heavy (non-hydrogen) atoms. The van der Waals surface area contributed by atoms with Crippen LogP contribution in [-0.2, 0) is 6.54 Å². The Kier molecular flexibility index (Phi) is 3.03. The monoisotopic (exact) mass is 252 g/mol. The molecule has 0 aliphatic rings. The molecule has 0 atom stereocenters. The molecule has 3 rings (SSSR count). The van der Waals surface area contributed by atoms with Crippen molar-refractivity contribution in [3.8, 4) is 0 Å². The van der Waals surface area contributed by atoms with Crippen molar-refractivity contribution in [2.75, 3.05) is 6.54 Å². The van der Waals surface area contributed by atoms with Crippen LogP contribution in [0.3, 0.4) is 0 Å². The molecule has 0 amide bonds. The van der Waals surface area contributed by atoms with Crippen LogP contribution in [0.2, 0.25) is 0 Å². The lowest BCUT2D eigenvalue weighted by molar-refractivity contribution is 0.687. The molecule has 0 fully saturated rings. The largest absolute Gasteiger partial charge is 0.340 e. The second-order valence-corrected chi connectivity index (χ2v) is 5.34. The summed E-state index contributed by atoms with van der Waals surface area (Å²) in [6.07, 6.45) is 1.01. The minimum Gasteiger partial charge on any atom is -0.340 e. The molecule has 0 saturated heterocycles. The van der Waals surface area contributed by atoms with Crippen molar-refractivity contribution in [3.05, 3.63) is 47.5 Å². The first-order valence-corrected chi connectivity index (χ1v) is 6.90. The molecule has 1 heterocycles. The highest BCUT2D eigenvalue weighted by Crippen LogP contribution is 2.30. The zero-order valence-corrected chi connectivity index (χ0v) is 11.6. The van der Waals surface area contributed by atoms with Gasteiger partial charge < -0.3 is 10.3 Å². The summed E-state index contributed by atoms with van der Waals surface area (Å²) in [5, 5.41) is 2.71. The van der Waals surface area contributed by atoms with E-state index in [2.05, 4.69) is 54.8 Å². The van der Waals surface area contributed by atoms with E-state index < -0.39 is 0 Å². The molecule has 0 aliphatic carbocycles. The van der Waals surface area contributed by atoms with Crippen molar-refractivity contribution < 1.29 is 0 Å². The van der Waals surface area contributed by atoms with E-state index in [9.17, 15) is 0 Å². The molecule has 0 radical (unpaired) electrons. The first kappa shape index (κ1) is 12.2. The highest BCUT2D eigenvalue weighted by atomic mass is 15.0. The lowest BCUT2D eigenvalue weighted by Crippen LogP contribution is -2.05. The Balaban J connectivity index is 2.36.